The smallest absolute Gasteiger partial charge is 0.407 e. The normalized spacial score (nSPS) is 11.2. The van der Waals surface area contributed by atoms with Crippen LogP contribution in [0, 0.1) is 6.92 Å². The van der Waals surface area contributed by atoms with E-state index in [1.807, 2.05) is 0 Å². The lowest BCUT2D eigenvalue weighted by Crippen LogP contribution is -2.41. The number of nitrogens with one attached hydrogen (secondary N) is 2. The van der Waals surface area contributed by atoms with Gasteiger partial charge in [-0.15, -0.1) is 5.10 Å². The van der Waals surface area contributed by atoms with Gasteiger partial charge in [0, 0.05) is 18.3 Å². The molecule has 2 amide bonds. The molecule has 0 atom stereocenters. The number of aromatic amines is 1. The quantitative estimate of drug-likeness (QED) is 0.194. The second-order valence-electron chi connectivity index (χ2n) is 9.88. The first-order chi connectivity index (χ1) is 19.4. The van der Waals surface area contributed by atoms with Crippen LogP contribution in [-0.2, 0) is 48.2 Å². The minimum absolute atomic E-state index is 0.0548. The highest BCUT2D eigenvalue weighted by molar-refractivity contribution is 5.82. The van der Waals surface area contributed by atoms with E-state index in [1.165, 1.54) is 22.7 Å². The first-order valence-electron chi connectivity index (χ1n) is 13.1. The van der Waals surface area contributed by atoms with Gasteiger partial charge in [0.25, 0.3) is 5.56 Å². The Hall–Kier alpha value is -4.05. The predicted molar refractivity (Wildman–Crippen MR) is 144 cm³/mol. The highest BCUT2D eigenvalue weighted by atomic mass is 16.6. The summed E-state index contributed by atoms with van der Waals surface area (Å²) in [7, 11) is 0. The molecule has 0 saturated carbocycles. The van der Waals surface area contributed by atoms with Crippen LogP contribution in [0.3, 0.4) is 0 Å². The fourth-order valence-corrected chi connectivity index (χ4v) is 3.31. The Balaban J connectivity index is 1.79. The van der Waals surface area contributed by atoms with E-state index >= 15 is 0 Å². The minimum Gasteiger partial charge on any atom is -0.465 e. The van der Waals surface area contributed by atoms with Crippen molar-refractivity contribution in [2.75, 3.05) is 46.1 Å². The highest BCUT2D eigenvalue weighted by Gasteiger charge is 2.21. The van der Waals surface area contributed by atoms with Crippen molar-refractivity contribution >= 4 is 18.0 Å². The number of carbonyl (C=O) groups is 3. The Labute approximate surface area is 236 Å². The molecule has 0 unspecified atom stereocenters. The van der Waals surface area contributed by atoms with Gasteiger partial charge in [-0.3, -0.25) is 23.9 Å². The molecule has 16 nitrogen and oxygen atoms in total. The molecule has 2 heterocycles. The number of rotatable bonds is 16. The van der Waals surface area contributed by atoms with Crippen molar-refractivity contribution in [1.82, 2.24) is 34.8 Å². The fourth-order valence-electron chi connectivity index (χ4n) is 3.31. The van der Waals surface area contributed by atoms with Crippen LogP contribution in [0.2, 0.25) is 0 Å². The third-order valence-corrected chi connectivity index (χ3v) is 5.16. The molecule has 0 aliphatic heterocycles. The molecule has 0 saturated heterocycles. The largest absolute Gasteiger partial charge is 0.465 e. The number of aromatic nitrogens is 5. The van der Waals surface area contributed by atoms with Gasteiger partial charge in [-0.1, -0.05) is 5.21 Å². The van der Waals surface area contributed by atoms with Crippen molar-refractivity contribution in [3.05, 3.63) is 44.5 Å². The maximum Gasteiger partial charge on any atom is 0.407 e. The van der Waals surface area contributed by atoms with E-state index in [0.717, 1.165) is 4.57 Å². The van der Waals surface area contributed by atoms with Crippen molar-refractivity contribution < 1.29 is 33.3 Å². The summed E-state index contributed by atoms with van der Waals surface area (Å²) in [6.07, 6.45) is 2.39. The SMILES string of the molecule is CCOC(=O)CN(Cc1cn(CCOCCOCCNC(=O)OC(C)(C)C)nn1)C(=O)Cn1cc(C)c(=O)[nH]c1=O. The van der Waals surface area contributed by atoms with Crippen LogP contribution in [-0.4, -0.2) is 99.1 Å². The molecular weight excluding hydrogens is 542 g/mol. The van der Waals surface area contributed by atoms with Gasteiger partial charge in [-0.2, -0.15) is 0 Å². The minimum atomic E-state index is -0.737. The van der Waals surface area contributed by atoms with Crippen LogP contribution < -0.4 is 16.6 Å². The van der Waals surface area contributed by atoms with Crippen LogP contribution in [0.5, 0.6) is 0 Å². The summed E-state index contributed by atoms with van der Waals surface area (Å²) in [5, 5.41) is 10.7. The Kier molecular flexibility index (Phi) is 13.2. The lowest BCUT2D eigenvalue weighted by Gasteiger charge is -2.21. The van der Waals surface area contributed by atoms with Crippen molar-refractivity contribution in [2.24, 2.45) is 0 Å². The zero-order valence-electron chi connectivity index (χ0n) is 24.1. The van der Waals surface area contributed by atoms with Crippen LogP contribution in [0.1, 0.15) is 39.0 Å². The highest BCUT2D eigenvalue weighted by Crippen LogP contribution is 2.06. The molecule has 0 radical (unpaired) electrons. The summed E-state index contributed by atoms with van der Waals surface area (Å²) in [6.45, 7) is 9.85. The maximum absolute atomic E-state index is 13.0. The van der Waals surface area contributed by atoms with Gasteiger partial charge >= 0.3 is 17.8 Å². The molecule has 0 aliphatic rings. The fraction of sp³-hybridized carbons (Fsp3) is 0.640. The van der Waals surface area contributed by atoms with E-state index in [-0.39, 0.29) is 25.3 Å². The van der Waals surface area contributed by atoms with Gasteiger partial charge in [0.05, 0.1) is 52.3 Å². The Bertz CT molecular complexity index is 1260. The maximum atomic E-state index is 13.0. The second-order valence-corrected chi connectivity index (χ2v) is 9.88. The summed E-state index contributed by atoms with van der Waals surface area (Å²) in [5.41, 5.74) is -1.16. The number of ether oxygens (including phenoxy) is 4. The number of hydrogen-bond acceptors (Lipinski definition) is 11. The van der Waals surface area contributed by atoms with E-state index < -0.39 is 41.4 Å². The summed E-state index contributed by atoms with van der Waals surface area (Å²) in [6, 6.07) is 0. The summed E-state index contributed by atoms with van der Waals surface area (Å²) in [4.78, 5) is 63.7. The van der Waals surface area contributed by atoms with Crippen LogP contribution in [0.4, 0.5) is 4.79 Å². The number of esters is 1. The van der Waals surface area contributed by atoms with Crippen LogP contribution >= 0.6 is 0 Å². The van der Waals surface area contributed by atoms with Crippen molar-refractivity contribution in [1.29, 1.82) is 0 Å². The number of aryl methyl sites for hydroxylation is 1. The molecular formula is C25H39N7O9. The molecule has 0 aliphatic carbocycles. The lowest BCUT2D eigenvalue weighted by atomic mass is 10.2. The number of carbonyl (C=O) groups excluding carboxylic acids is 3. The molecule has 16 heteroatoms. The molecule has 2 N–H and O–H groups in total. The number of nitrogens with zero attached hydrogens (tertiary/aromatic N) is 5. The molecule has 2 aromatic heterocycles. The van der Waals surface area contributed by atoms with Gasteiger partial charge in [0.1, 0.15) is 24.4 Å². The van der Waals surface area contributed by atoms with E-state index in [0.29, 0.717) is 45.2 Å². The van der Waals surface area contributed by atoms with E-state index in [4.69, 9.17) is 18.9 Å². The molecule has 0 bridgehead atoms. The van der Waals surface area contributed by atoms with Crippen LogP contribution in [0.15, 0.2) is 22.0 Å². The number of alkyl carbamates (subject to hydrolysis) is 1. The first-order valence-corrected chi connectivity index (χ1v) is 13.1. The number of hydrogen-bond donors (Lipinski definition) is 2. The summed E-state index contributed by atoms with van der Waals surface area (Å²) >= 11 is 0. The van der Waals surface area contributed by atoms with Gasteiger partial charge in [0.2, 0.25) is 5.91 Å². The van der Waals surface area contributed by atoms with E-state index in [2.05, 4.69) is 20.6 Å². The Morgan fingerprint density at radius 1 is 1.07 bits per heavy atom. The molecule has 41 heavy (non-hydrogen) atoms. The van der Waals surface area contributed by atoms with Crippen molar-refractivity contribution in [2.45, 2.75) is 59.9 Å². The number of H-pyrrole nitrogens is 1. The standard InChI is InChI=1S/C25H39N7O9/c1-6-40-21(34)17-30(20(33)16-31-13-18(2)22(35)27-23(31)36)14-19-15-32(29-28-19)8-10-39-12-11-38-9-7-26-24(37)41-25(3,4)5/h13,15H,6-12,14,16-17H2,1-5H3,(H,26,37)(H,27,35,36). The lowest BCUT2D eigenvalue weighted by molar-refractivity contribution is -0.149. The zero-order chi connectivity index (χ0) is 30.4. The first kappa shape index (κ1) is 33.2. The Morgan fingerprint density at radius 3 is 2.46 bits per heavy atom. The number of amides is 2. The molecule has 0 fully saturated rings. The molecule has 0 spiro atoms. The molecule has 2 rings (SSSR count). The summed E-state index contributed by atoms with van der Waals surface area (Å²) < 4.78 is 23.6. The monoisotopic (exact) mass is 581 g/mol. The predicted octanol–water partition coefficient (Wildman–Crippen LogP) is -0.414. The van der Waals surface area contributed by atoms with Crippen molar-refractivity contribution in [3.8, 4) is 0 Å². The van der Waals surface area contributed by atoms with Gasteiger partial charge in [-0.25, -0.2) is 14.3 Å². The molecule has 2 aromatic rings. The van der Waals surface area contributed by atoms with Gasteiger partial charge in [0.15, 0.2) is 0 Å². The van der Waals surface area contributed by atoms with Gasteiger partial charge < -0.3 is 29.2 Å². The summed E-state index contributed by atoms with van der Waals surface area (Å²) in [5.74, 6) is -1.17. The van der Waals surface area contributed by atoms with E-state index in [1.54, 1.807) is 33.9 Å². The van der Waals surface area contributed by atoms with E-state index in [9.17, 15) is 24.0 Å². The third kappa shape index (κ3) is 12.8. The molecule has 0 aromatic carbocycles. The second kappa shape index (κ2) is 16.3. The van der Waals surface area contributed by atoms with Crippen LogP contribution in [0.25, 0.3) is 0 Å². The third-order valence-electron chi connectivity index (χ3n) is 5.16. The topological polar surface area (TPSA) is 189 Å². The molecule has 228 valence electrons. The Morgan fingerprint density at radius 2 is 1.78 bits per heavy atom. The van der Waals surface area contributed by atoms with Gasteiger partial charge in [-0.05, 0) is 34.6 Å². The average Bonchev–Trinajstić information content (AvgIpc) is 3.32. The zero-order valence-corrected chi connectivity index (χ0v) is 24.1. The van der Waals surface area contributed by atoms with Crippen molar-refractivity contribution in [3.63, 3.8) is 0 Å². The average molecular weight is 582 g/mol.